The second kappa shape index (κ2) is 23.5. The number of nitrogens with one attached hydrogen (secondary N) is 4. The van der Waals surface area contributed by atoms with Crippen LogP contribution in [0, 0.1) is 6.92 Å². The summed E-state index contributed by atoms with van der Waals surface area (Å²) in [5.41, 5.74) is 9.00. The highest BCUT2D eigenvalue weighted by atomic mass is 79.9. The van der Waals surface area contributed by atoms with Crippen LogP contribution >= 0.6 is 15.9 Å². The molecule has 5 amide bonds. The van der Waals surface area contributed by atoms with Crippen LogP contribution in [0.4, 0.5) is 23.1 Å². The van der Waals surface area contributed by atoms with E-state index in [1.165, 1.54) is 12.1 Å². The minimum atomic E-state index is -3.55. The van der Waals surface area contributed by atoms with Gasteiger partial charge in [-0.15, -0.1) is 0 Å². The zero-order valence-electron chi connectivity index (χ0n) is 35.7. The van der Waals surface area contributed by atoms with Gasteiger partial charge in [0.25, 0.3) is 17.7 Å². The van der Waals surface area contributed by atoms with E-state index in [9.17, 15) is 32.4 Å². The molecule has 19 nitrogen and oxygen atoms in total. The van der Waals surface area contributed by atoms with Gasteiger partial charge in [-0.1, -0.05) is 24.3 Å². The zero-order valence-corrected chi connectivity index (χ0v) is 38.1. The molecule has 6 rings (SSSR count). The molecule has 1 fully saturated rings. The molecule has 2 aliphatic heterocycles. The summed E-state index contributed by atoms with van der Waals surface area (Å²) in [5.74, 6) is -2.12. The molecule has 1 unspecified atom stereocenters. The largest absolute Gasteiger partial charge is 0.379 e. The fourth-order valence-corrected chi connectivity index (χ4v) is 8.62. The molecular formula is C44H51BrN8O11S. The van der Waals surface area contributed by atoms with E-state index < -0.39 is 45.4 Å². The van der Waals surface area contributed by atoms with Crippen molar-refractivity contribution < 1.29 is 51.3 Å². The predicted molar refractivity (Wildman–Crippen MR) is 242 cm³/mol. The SMILES string of the molecule is Cc1cccc(Nc2nc(Nc3ccc(S(=O)(=O)CCNCCOCCOCCOCCOCCCc4cccc5c4C(=O)N(C4CCC(=O)NC4=O)C5=O)cc3)ncc2Br)c1C(N)=O. The fourth-order valence-electron chi connectivity index (χ4n) is 7.13. The molecule has 0 spiro atoms. The number of amides is 5. The van der Waals surface area contributed by atoms with Crippen LogP contribution in [0.5, 0.6) is 0 Å². The Morgan fingerprint density at radius 2 is 1.54 bits per heavy atom. The van der Waals surface area contributed by atoms with Crippen molar-refractivity contribution in [1.82, 2.24) is 25.5 Å². The Hall–Kier alpha value is -5.68. The number of anilines is 4. The topological polar surface area (TPSA) is 260 Å². The number of piperidine rings is 1. The first-order valence-corrected chi connectivity index (χ1v) is 23.4. The van der Waals surface area contributed by atoms with E-state index in [1.807, 2.05) is 0 Å². The summed E-state index contributed by atoms with van der Waals surface area (Å²) in [6, 6.07) is 15.7. The molecule has 3 aromatic carbocycles. The van der Waals surface area contributed by atoms with E-state index in [1.54, 1.807) is 61.7 Å². The van der Waals surface area contributed by atoms with Gasteiger partial charge in [-0.2, -0.15) is 4.98 Å². The number of aromatic nitrogens is 2. The summed E-state index contributed by atoms with van der Waals surface area (Å²) in [5, 5.41) is 11.5. The number of ether oxygens (including phenoxy) is 4. The van der Waals surface area contributed by atoms with Gasteiger partial charge in [0, 0.05) is 38.0 Å². The standard InChI is InChI=1S/C44H51BrN8O11S/c1-28-5-2-9-34(37(28)39(46)55)50-40-33(45)27-48-44(52-40)49-30-10-12-31(13-11-30)65(59,60)26-17-47-16-19-62-21-23-64-25-24-63-22-20-61-18-4-7-29-6-3-8-32-38(29)43(58)53(42(32)57)35-14-15-36(54)51-41(35)56/h2-3,5-6,8-13,27,35,47H,4,7,14-26H2,1H3,(H2,46,55)(H,51,54,56)(H2,48,49,50,52). The monoisotopic (exact) mass is 978 g/mol. The van der Waals surface area contributed by atoms with Crippen LogP contribution in [-0.2, 0) is 44.8 Å². The van der Waals surface area contributed by atoms with Crippen molar-refractivity contribution in [2.75, 3.05) is 82.3 Å². The van der Waals surface area contributed by atoms with Gasteiger partial charge in [0.1, 0.15) is 11.9 Å². The highest BCUT2D eigenvalue weighted by molar-refractivity contribution is 9.10. The van der Waals surface area contributed by atoms with Gasteiger partial charge < -0.3 is 40.6 Å². The molecule has 4 aromatic rings. The number of rotatable bonds is 26. The van der Waals surface area contributed by atoms with Crippen molar-refractivity contribution >= 4 is 78.4 Å². The Kier molecular flexibility index (Phi) is 17.6. The molecule has 3 heterocycles. The molecule has 1 saturated heterocycles. The van der Waals surface area contributed by atoms with E-state index in [0.29, 0.717) is 111 Å². The van der Waals surface area contributed by atoms with Gasteiger partial charge in [0.15, 0.2) is 9.84 Å². The number of aryl methyl sites for hydroxylation is 2. The van der Waals surface area contributed by atoms with E-state index in [-0.39, 0.29) is 41.5 Å². The minimum Gasteiger partial charge on any atom is -0.379 e. The summed E-state index contributed by atoms with van der Waals surface area (Å²) in [7, 11) is -3.55. The maximum atomic E-state index is 13.2. The second-order valence-corrected chi connectivity index (χ2v) is 17.9. The van der Waals surface area contributed by atoms with E-state index in [4.69, 9.17) is 24.7 Å². The smallest absolute Gasteiger partial charge is 0.262 e. The Morgan fingerprint density at radius 1 is 0.862 bits per heavy atom. The molecule has 0 radical (unpaired) electrons. The molecule has 65 heavy (non-hydrogen) atoms. The Bertz CT molecular complexity index is 2480. The quantitative estimate of drug-likeness (QED) is 0.0445. The number of primary amides is 1. The molecule has 1 aromatic heterocycles. The zero-order chi connectivity index (χ0) is 46.3. The number of fused-ring (bicyclic) bond motifs is 1. The molecule has 21 heteroatoms. The molecular weight excluding hydrogens is 928 g/mol. The lowest BCUT2D eigenvalue weighted by Crippen LogP contribution is -2.54. The molecule has 6 N–H and O–H groups in total. The van der Waals surface area contributed by atoms with Gasteiger partial charge in [0.2, 0.25) is 17.8 Å². The number of carbonyl (C=O) groups is 5. The number of hydrogen-bond acceptors (Lipinski definition) is 16. The highest BCUT2D eigenvalue weighted by Crippen LogP contribution is 2.31. The van der Waals surface area contributed by atoms with Crippen LogP contribution in [-0.4, -0.2) is 131 Å². The lowest BCUT2D eigenvalue weighted by molar-refractivity contribution is -0.136. The lowest BCUT2D eigenvalue weighted by Gasteiger charge is -2.27. The van der Waals surface area contributed by atoms with Gasteiger partial charge in [-0.25, -0.2) is 13.4 Å². The third kappa shape index (κ3) is 13.2. The summed E-state index contributed by atoms with van der Waals surface area (Å²) in [4.78, 5) is 72.1. The number of halogens is 1. The summed E-state index contributed by atoms with van der Waals surface area (Å²) in [6.07, 6.45) is 2.82. The van der Waals surface area contributed by atoms with Crippen LogP contribution in [0.25, 0.3) is 0 Å². The number of hydrogen-bond donors (Lipinski definition) is 5. The van der Waals surface area contributed by atoms with Crippen molar-refractivity contribution in [3.05, 3.63) is 99.2 Å². The molecule has 346 valence electrons. The summed E-state index contributed by atoms with van der Waals surface area (Å²) in [6.45, 7) is 5.55. The minimum absolute atomic E-state index is 0.0644. The second-order valence-electron chi connectivity index (χ2n) is 14.9. The molecule has 0 aliphatic carbocycles. The predicted octanol–water partition coefficient (Wildman–Crippen LogP) is 3.60. The fraction of sp³-hybridized carbons (Fsp3) is 0.386. The Morgan fingerprint density at radius 3 is 2.23 bits per heavy atom. The first-order valence-electron chi connectivity index (χ1n) is 21.0. The third-order valence-electron chi connectivity index (χ3n) is 10.4. The van der Waals surface area contributed by atoms with Crippen molar-refractivity contribution in [1.29, 1.82) is 0 Å². The average molecular weight is 980 g/mol. The van der Waals surface area contributed by atoms with Crippen LogP contribution in [0.2, 0.25) is 0 Å². The lowest BCUT2D eigenvalue weighted by atomic mass is 9.99. The number of carbonyl (C=O) groups excluding carboxylic acids is 5. The maximum Gasteiger partial charge on any atom is 0.262 e. The normalized spacial score (nSPS) is 15.0. The molecule has 2 aliphatic rings. The summed E-state index contributed by atoms with van der Waals surface area (Å²) < 4.78 is 48.8. The molecule has 1 atom stereocenters. The first kappa shape index (κ1) is 48.8. The van der Waals surface area contributed by atoms with Gasteiger partial charge in [0.05, 0.1) is 83.7 Å². The molecule has 0 bridgehead atoms. The van der Waals surface area contributed by atoms with Crippen molar-refractivity contribution in [2.24, 2.45) is 5.73 Å². The van der Waals surface area contributed by atoms with Gasteiger partial charge in [-0.3, -0.25) is 34.2 Å². The van der Waals surface area contributed by atoms with E-state index >= 15 is 0 Å². The van der Waals surface area contributed by atoms with Crippen molar-refractivity contribution in [3.8, 4) is 0 Å². The van der Waals surface area contributed by atoms with Crippen LogP contribution in [0.1, 0.15) is 61.5 Å². The highest BCUT2D eigenvalue weighted by Gasteiger charge is 2.45. The summed E-state index contributed by atoms with van der Waals surface area (Å²) >= 11 is 3.42. The maximum absolute atomic E-state index is 13.2. The number of imide groups is 2. The van der Waals surface area contributed by atoms with Crippen molar-refractivity contribution in [2.45, 2.75) is 43.5 Å². The first-order chi connectivity index (χ1) is 31.3. The number of nitrogens with two attached hydrogens (primary N) is 1. The van der Waals surface area contributed by atoms with Crippen LogP contribution in [0.15, 0.2) is 76.2 Å². The van der Waals surface area contributed by atoms with Gasteiger partial charge in [-0.05, 0) is 89.6 Å². The number of benzene rings is 3. The van der Waals surface area contributed by atoms with Crippen LogP contribution in [0.3, 0.4) is 0 Å². The Balaban J connectivity index is 0.769. The van der Waals surface area contributed by atoms with Crippen molar-refractivity contribution in [3.63, 3.8) is 0 Å². The number of sulfone groups is 1. The van der Waals surface area contributed by atoms with Crippen LogP contribution < -0.4 is 27.0 Å². The average Bonchev–Trinajstić information content (AvgIpc) is 3.53. The molecule has 0 saturated carbocycles. The van der Waals surface area contributed by atoms with E-state index in [0.717, 1.165) is 10.5 Å². The van der Waals surface area contributed by atoms with Gasteiger partial charge >= 0.3 is 0 Å². The van der Waals surface area contributed by atoms with E-state index in [2.05, 4.69) is 47.2 Å². The Labute approximate surface area is 384 Å². The number of nitrogens with zero attached hydrogens (tertiary/aromatic N) is 3. The third-order valence-corrected chi connectivity index (χ3v) is 12.7.